The smallest absolute Gasteiger partial charge is 0.0731 e. The molecule has 0 aromatic heterocycles. The molecule has 1 aliphatic carbocycles. The van der Waals surface area contributed by atoms with Crippen molar-refractivity contribution in [3.63, 3.8) is 0 Å². The van der Waals surface area contributed by atoms with Crippen LogP contribution in [-0.4, -0.2) is 60.0 Å². The molecule has 1 aliphatic heterocycles. The molecule has 1 heterocycles. The van der Waals surface area contributed by atoms with Crippen molar-refractivity contribution in [1.82, 2.24) is 10.2 Å². The van der Waals surface area contributed by atoms with Crippen LogP contribution in [0.25, 0.3) is 0 Å². The van der Waals surface area contributed by atoms with Crippen LogP contribution in [0, 0.1) is 0 Å². The highest BCUT2D eigenvalue weighted by Gasteiger charge is 2.39. The summed E-state index contributed by atoms with van der Waals surface area (Å²) in [5.41, 5.74) is -0.165. The average Bonchev–Trinajstić information content (AvgIpc) is 2.93. The van der Waals surface area contributed by atoms with E-state index in [0.29, 0.717) is 18.2 Å². The van der Waals surface area contributed by atoms with Crippen LogP contribution in [-0.2, 0) is 4.74 Å². The maximum Gasteiger partial charge on any atom is 0.0731 e. The Morgan fingerprint density at radius 2 is 2.25 bits per heavy atom. The van der Waals surface area contributed by atoms with Crippen molar-refractivity contribution in [3.05, 3.63) is 0 Å². The Balaban J connectivity index is 1.93. The van der Waals surface area contributed by atoms with Crippen LogP contribution in [0.1, 0.15) is 52.9 Å². The Morgan fingerprint density at radius 1 is 1.45 bits per heavy atom. The Morgan fingerprint density at radius 3 is 2.95 bits per heavy atom. The van der Waals surface area contributed by atoms with Gasteiger partial charge in [-0.1, -0.05) is 6.92 Å². The van der Waals surface area contributed by atoms with E-state index in [2.05, 4.69) is 31.0 Å². The standard InChI is InChI=1S/C16H32N2O2/c1-4-8-17-16(3,12-19)11-13(2)18-9-10-20-15-7-5-6-14(15)18/h13-15,17,19H,4-12H2,1-3H3. The number of nitrogens with one attached hydrogen (secondary N) is 1. The molecule has 2 N–H and O–H groups in total. The molecule has 0 aromatic carbocycles. The SMILES string of the molecule is CCCNC(C)(CO)CC(C)N1CCOC2CCCC21. The zero-order valence-electron chi connectivity index (χ0n) is 13.4. The molecule has 4 heteroatoms. The molecule has 20 heavy (non-hydrogen) atoms. The van der Waals surface area contributed by atoms with Gasteiger partial charge in [0.05, 0.1) is 19.3 Å². The molecule has 4 atom stereocenters. The van der Waals surface area contributed by atoms with E-state index < -0.39 is 0 Å². The first-order valence-corrected chi connectivity index (χ1v) is 8.33. The number of hydrogen-bond acceptors (Lipinski definition) is 4. The van der Waals surface area contributed by atoms with Crippen molar-refractivity contribution in [1.29, 1.82) is 0 Å². The zero-order valence-corrected chi connectivity index (χ0v) is 13.4. The summed E-state index contributed by atoms with van der Waals surface area (Å²) in [7, 11) is 0. The molecule has 1 saturated carbocycles. The van der Waals surface area contributed by atoms with Gasteiger partial charge >= 0.3 is 0 Å². The van der Waals surface area contributed by atoms with Crippen LogP contribution < -0.4 is 5.32 Å². The molecule has 0 aromatic rings. The fourth-order valence-corrected chi connectivity index (χ4v) is 3.89. The van der Waals surface area contributed by atoms with Crippen LogP contribution in [0.2, 0.25) is 0 Å². The highest BCUT2D eigenvalue weighted by atomic mass is 16.5. The van der Waals surface area contributed by atoms with Gasteiger partial charge in [-0.15, -0.1) is 0 Å². The van der Waals surface area contributed by atoms with Crippen LogP contribution in [0.4, 0.5) is 0 Å². The lowest BCUT2D eigenvalue weighted by molar-refractivity contribution is -0.0741. The van der Waals surface area contributed by atoms with Gasteiger partial charge in [-0.05, 0) is 52.5 Å². The van der Waals surface area contributed by atoms with Gasteiger partial charge in [-0.3, -0.25) is 4.90 Å². The molecule has 0 amide bonds. The van der Waals surface area contributed by atoms with Crippen molar-refractivity contribution in [2.45, 2.75) is 76.6 Å². The van der Waals surface area contributed by atoms with E-state index >= 15 is 0 Å². The van der Waals surface area contributed by atoms with E-state index in [1.807, 2.05) is 0 Å². The van der Waals surface area contributed by atoms with Gasteiger partial charge in [-0.2, -0.15) is 0 Å². The second kappa shape index (κ2) is 7.21. The van der Waals surface area contributed by atoms with Crippen molar-refractivity contribution in [3.8, 4) is 0 Å². The zero-order chi connectivity index (χ0) is 14.6. The van der Waals surface area contributed by atoms with Crippen molar-refractivity contribution in [2.24, 2.45) is 0 Å². The summed E-state index contributed by atoms with van der Waals surface area (Å²) < 4.78 is 5.90. The molecule has 0 bridgehead atoms. The fourth-order valence-electron chi connectivity index (χ4n) is 3.89. The van der Waals surface area contributed by atoms with Crippen molar-refractivity contribution >= 4 is 0 Å². The summed E-state index contributed by atoms with van der Waals surface area (Å²) in [5, 5.41) is 13.3. The molecular weight excluding hydrogens is 252 g/mol. The molecule has 2 fully saturated rings. The maximum absolute atomic E-state index is 9.74. The average molecular weight is 284 g/mol. The lowest BCUT2D eigenvalue weighted by Gasteiger charge is -2.44. The first kappa shape index (κ1) is 16.2. The van der Waals surface area contributed by atoms with E-state index in [4.69, 9.17) is 4.74 Å². The van der Waals surface area contributed by atoms with Gasteiger partial charge in [0, 0.05) is 24.2 Å². The number of nitrogens with zero attached hydrogens (tertiary/aromatic N) is 1. The molecule has 0 radical (unpaired) electrons. The van der Waals surface area contributed by atoms with Gasteiger partial charge < -0.3 is 15.2 Å². The molecule has 118 valence electrons. The molecule has 2 rings (SSSR count). The largest absolute Gasteiger partial charge is 0.394 e. The van der Waals surface area contributed by atoms with Crippen molar-refractivity contribution < 1.29 is 9.84 Å². The minimum Gasteiger partial charge on any atom is -0.394 e. The monoisotopic (exact) mass is 284 g/mol. The summed E-state index contributed by atoms with van der Waals surface area (Å²) >= 11 is 0. The molecular formula is C16H32N2O2. The predicted octanol–water partition coefficient (Wildman–Crippen LogP) is 1.77. The van der Waals surface area contributed by atoms with E-state index in [9.17, 15) is 5.11 Å². The minimum atomic E-state index is -0.165. The first-order valence-electron chi connectivity index (χ1n) is 8.33. The van der Waals surface area contributed by atoms with Crippen LogP contribution in [0.5, 0.6) is 0 Å². The second-order valence-corrected chi connectivity index (χ2v) is 6.84. The summed E-state index contributed by atoms with van der Waals surface area (Å²) in [6, 6.07) is 1.10. The Bertz CT molecular complexity index is 300. The summed E-state index contributed by atoms with van der Waals surface area (Å²) in [6.45, 7) is 9.70. The highest BCUT2D eigenvalue weighted by molar-refractivity contribution is 4.94. The number of hydrogen-bond donors (Lipinski definition) is 2. The number of aliphatic hydroxyl groups excluding tert-OH is 1. The molecule has 4 unspecified atom stereocenters. The third-order valence-electron chi connectivity index (χ3n) is 4.99. The fraction of sp³-hybridized carbons (Fsp3) is 1.00. The lowest BCUT2D eigenvalue weighted by Crippen LogP contribution is -2.56. The third kappa shape index (κ3) is 3.73. The van der Waals surface area contributed by atoms with Crippen molar-refractivity contribution in [2.75, 3.05) is 26.3 Å². The molecule has 0 spiro atoms. The van der Waals surface area contributed by atoms with E-state index in [1.54, 1.807) is 0 Å². The van der Waals surface area contributed by atoms with Crippen LogP contribution in [0.3, 0.4) is 0 Å². The van der Waals surface area contributed by atoms with Gasteiger partial charge in [0.1, 0.15) is 0 Å². The number of aliphatic hydroxyl groups is 1. The number of fused-ring (bicyclic) bond motifs is 1. The van der Waals surface area contributed by atoms with Gasteiger partial charge in [0.15, 0.2) is 0 Å². The minimum absolute atomic E-state index is 0.165. The molecule has 1 saturated heterocycles. The highest BCUT2D eigenvalue weighted by Crippen LogP contribution is 2.32. The summed E-state index contributed by atoms with van der Waals surface area (Å²) in [4.78, 5) is 2.63. The Labute approximate surface area is 123 Å². The number of morpholine rings is 1. The topological polar surface area (TPSA) is 44.7 Å². The predicted molar refractivity (Wildman–Crippen MR) is 81.9 cm³/mol. The lowest BCUT2D eigenvalue weighted by atomic mass is 9.92. The van der Waals surface area contributed by atoms with E-state index in [1.165, 1.54) is 19.3 Å². The van der Waals surface area contributed by atoms with E-state index in [-0.39, 0.29) is 12.1 Å². The Kier molecular flexibility index (Phi) is 5.84. The van der Waals surface area contributed by atoms with Gasteiger partial charge in [0.2, 0.25) is 0 Å². The number of rotatable bonds is 7. The number of ether oxygens (including phenoxy) is 1. The van der Waals surface area contributed by atoms with E-state index in [0.717, 1.165) is 32.5 Å². The first-order chi connectivity index (χ1) is 9.59. The van der Waals surface area contributed by atoms with Gasteiger partial charge in [0.25, 0.3) is 0 Å². The maximum atomic E-state index is 9.74. The molecule has 2 aliphatic rings. The van der Waals surface area contributed by atoms with Crippen LogP contribution >= 0.6 is 0 Å². The van der Waals surface area contributed by atoms with Crippen LogP contribution in [0.15, 0.2) is 0 Å². The molecule has 4 nitrogen and oxygen atoms in total. The summed E-state index contributed by atoms with van der Waals surface area (Å²) in [6.07, 6.45) is 6.34. The quantitative estimate of drug-likeness (QED) is 0.748. The third-order valence-corrected chi connectivity index (χ3v) is 4.99. The van der Waals surface area contributed by atoms with Gasteiger partial charge in [-0.25, -0.2) is 0 Å². The second-order valence-electron chi connectivity index (χ2n) is 6.84. The normalized spacial score (nSPS) is 31.8. The Hall–Kier alpha value is -0.160. The summed E-state index contributed by atoms with van der Waals surface area (Å²) in [5.74, 6) is 0.